The molecule has 2 aromatic rings. The number of carbonyl (C=O) groups is 2. The van der Waals surface area contributed by atoms with Gasteiger partial charge < -0.3 is 5.32 Å². The van der Waals surface area contributed by atoms with Crippen LogP contribution < -0.4 is 10.2 Å². The minimum absolute atomic E-state index is 0.0386. The van der Waals surface area contributed by atoms with Crippen LogP contribution >= 0.6 is 23.1 Å². The maximum absolute atomic E-state index is 12.6. The van der Waals surface area contributed by atoms with Crippen molar-refractivity contribution in [2.75, 3.05) is 16.8 Å². The van der Waals surface area contributed by atoms with E-state index in [0.717, 1.165) is 10.0 Å². The first-order valence-electron chi connectivity index (χ1n) is 6.28. The molecule has 0 radical (unpaired) electrons. The van der Waals surface area contributed by atoms with Crippen LogP contribution in [0.1, 0.15) is 6.92 Å². The number of nitrogens with zero attached hydrogens (tertiary/aromatic N) is 3. The zero-order chi connectivity index (χ0) is 14.8. The molecular weight excluding hydrogens is 308 g/mol. The molecule has 2 amide bonds. The zero-order valence-electron chi connectivity index (χ0n) is 11.1. The van der Waals surface area contributed by atoms with Crippen LogP contribution in [0.2, 0.25) is 0 Å². The number of benzene rings is 1. The quantitative estimate of drug-likeness (QED) is 0.876. The topological polar surface area (TPSA) is 75.2 Å². The lowest BCUT2D eigenvalue weighted by Gasteiger charge is -2.30. The second kappa shape index (κ2) is 5.82. The van der Waals surface area contributed by atoms with E-state index in [-0.39, 0.29) is 23.6 Å². The van der Waals surface area contributed by atoms with Crippen molar-refractivity contribution in [3.05, 3.63) is 29.8 Å². The SMILES string of the molecule is C[C@@H](Sc1nncs1)C(=O)N1CC(=O)Nc2ccccc21. The molecule has 1 aromatic carbocycles. The lowest BCUT2D eigenvalue weighted by Crippen LogP contribution is -2.45. The molecule has 1 N–H and O–H groups in total. The Kier molecular flexibility index (Phi) is 3.89. The van der Waals surface area contributed by atoms with Crippen LogP contribution in [0.5, 0.6) is 0 Å². The van der Waals surface area contributed by atoms with Crippen molar-refractivity contribution in [1.82, 2.24) is 10.2 Å². The Morgan fingerprint density at radius 2 is 2.29 bits per heavy atom. The van der Waals surface area contributed by atoms with E-state index >= 15 is 0 Å². The minimum atomic E-state index is -0.336. The summed E-state index contributed by atoms with van der Waals surface area (Å²) in [5.74, 6) is -0.298. The van der Waals surface area contributed by atoms with Gasteiger partial charge >= 0.3 is 0 Å². The van der Waals surface area contributed by atoms with Crippen molar-refractivity contribution in [3.8, 4) is 0 Å². The molecule has 6 nitrogen and oxygen atoms in total. The molecule has 0 unspecified atom stereocenters. The Bertz CT molecular complexity index is 675. The maximum atomic E-state index is 12.6. The van der Waals surface area contributed by atoms with Crippen molar-refractivity contribution < 1.29 is 9.59 Å². The van der Waals surface area contributed by atoms with E-state index in [1.807, 2.05) is 25.1 Å². The van der Waals surface area contributed by atoms with Gasteiger partial charge in [0.1, 0.15) is 12.1 Å². The molecule has 21 heavy (non-hydrogen) atoms. The molecule has 8 heteroatoms. The maximum Gasteiger partial charge on any atom is 0.244 e. The molecule has 0 spiro atoms. The van der Waals surface area contributed by atoms with E-state index in [4.69, 9.17) is 0 Å². The van der Waals surface area contributed by atoms with Crippen LogP contribution in [-0.4, -0.2) is 33.8 Å². The third-order valence-electron chi connectivity index (χ3n) is 3.00. The number of carbonyl (C=O) groups excluding carboxylic acids is 2. The van der Waals surface area contributed by atoms with Crippen molar-refractivity contribution >= 4 is 46.3 Å². The highest BCUT2D eigenvalue weighted by Gasteiger charge is 2.30. The van der Waals surface area contributed by atoms with Gasteiger partial charge in [-0.15, -0.1) is 10.2 Å². The van der Waals surface area contributed by atoms with Crippen molar-refractivity contribution in [2.24, 2.45) is 0 Å². The van der Waals surface area contributed by atoms with E-state index in [1.54, 1.807) is 11.6 Å². The molecule has 0 saturated carbocycles. The molecule has 1 aliphatic rings. The molecule has 1 atom stereocenters. The molecule has 1 aromatic heterocycles. The number of fused-ring (bicyclic) bond motifs is 1. The van der Waals surface area contributed by atoms with Gasteiger partial charge in [-0.2, -0.15) is 0 Å². The van der Waals surface area contributed by atoms with Crippen molar-refractivity contribution in [3.63, 3.8) is 0 Å². The van der Waals surface area contributed by atoms with Crippen molar-refractivity contribution in [2.45, 2.75) is 16.5 Å². The van der Waals surface area contributed by atoms with Crippen LogP contribution in [-0.2, 0) is 9.59 Å². The van der Waals surface area contributed by atoms with Gasteiger partial charge in [0, 0.05) is 0 Å². The second-order valence-corrected chi connectivity index (χ2v) is 6.88. The summed E-state index contributed by atoms with van der Waals surface area (Å²) in [5, 5.41) is 10.1. The van der Waals surface area contributed by atoms with E-state index in [0.29, 0.717) is 5.69 Å². The first-order chi connectivity index (χ1) is 10.1. The summed E-state index contributed by atoms with van der Waals surface area (Å²) in [6.45, 7) is 1.85. The van der Waals surface area contributed by atoms with Crippen LogP contribution in [0, 0.1) is 0 Å². The summed E-state index contributed by atoms with van der Waals surface area (Å²) in [4.78, 5) is 25.9. The van der Waals surface area contributed by atoms with E-state index in [1.165, 1.54) is 28.0 Å². The number of rotatable bonds is 3. The Morgan fingerprint density at radius 1 is 1.48 bits per heavy atom. The van der Waals surface area contributed by atoms with Crippen LogP contribution in [0.3, 0.4) is 0 Å². The Balaban J connectivity index is 1.82. The standard InChI is InChI=1S/C13H12N4O2S2/c1-8(21-13-16-14-7-20-13)12(19)17-6-11(18)15-9-4-2-3-5-10(9)17/h2-5,7-8H,6H2,1H3,(H,15,18)/t8-/m1/s1. The number of para-hydroxylation sites is 2. The summed E-state index contributed by atoms with van der Waals surface area (Å²) < 4.78 is 0.741. The molecule has 0 bridgehead atoms. The number of hydrogen-bond acceptors (Lipinski definition) is 6. The van der Waals surface area contributed by atoms with Gasteiger partial charge in [-0.3, -0.25) is 14.5 Å². The Hall–Kier alpha value is -1.93. The number of nitrogens with one attached hydrogen (secondary N) is 1. The third kappa shape index (κ3) is 2.91. The average molecular weight is 320 g/mol. The van der Waals surface area contributed by atoms with E-state index in [2.05, 4.69) is 15.5 Å². The minimum Gasteiger partial charge on any atom is -0.323 e. The fraction of sp³-hybridized carbons (Fsp3) is 0.231. The molecule has 3 rings (SSSR count). The smallest absolute Gasteiger partial charge is 0.244 e. The van der Waals surface area contributed by atoms with Crippen LogP contribution in [0.15, 0.2) is 34.1 Å². The molecule has 108 valence electrons. The predicted octanol–water partition coefficient (Wildman–Crippen LogP) is 2.00. The first kappa shape index (κ1) is 14.0. The second-order valence-electron chi connectivity index (χ2n) is 4.45. The molecular formula is C13H12N4O2S2. The fourth-order valence-electron chi connectivity index (χ4n) is 2.07. The summed E-state index contributed by atoms with van der Waals surface area (Å²) >= 11 is 2.74. The monoisotopic (exact) mass is 320 g/mol. The van der Waals surface area contributed by atoms with Crippen LogP contribution in [0.4, 0.5) is 11.4 Å². The zero-order valence-corrected chi connectivity index (χ0v) is 12.8. The molecule has 1 aliphatic heterocycles. The van der Waals surface area contributed by atoms with Crippen molar-refractivity contribution in [1.29, 1.82) is 0 Å². The van der Waals surface area contributed by atoms with Crippen LogP contribution in [0.25, 0.3) is 0 Å². The van der Waals surface area contributed by atoms with E-state index in [9.17, 15) is 9.59 Å². The van der Waals surface area contributed by atoms with E-state index < -0.39 is 0 Å². The summed E-state index contributed by atoms with van der Waals surface area (Å²) in [6.07, 6.45) is 0. The van der Waals surface area contributed by atoms with Gasteiger partial charge in [0.2, 0.25) is 11.8 Å². The number of thioether (sulfide) groups is 1. The predicted molar refractivity (Wildman–Crippen MR) is 82.7 cm³/mol. The Morgan fingerprint density at radius 3 is 3.05 bits per heavy atom. The molecule has 0 fully saturated rings. The Labute approximate surface area is 129 Å². The van der Waals surface area contributed by atoms with Gasteiger partial charge in [-0.1, -0.05) is 35.2 Å². The number of anilines is 2. The van der Waals surface area contributed by atoms with Gasteiger partial charge in [-0.25, -0.2) is 0 Å². The first-order valence-corrected chi connectivity index (χ1v) is 8.04. The van der Waals surface area contributed by atoms with Gasteiger partial charge in [0.15, 0.2) is 4.34 Å². The lowest BCUT2D eigenvalue weighted by molar-refractivity contribution is -0.121. The highest BCUT2D eigenvalue weighted by atomic mass is 32.2. The largest absolute Gasteiger partial charge is 0.323 e. The highest BCUT2D eigenvalue weighted by molar-refractivity contribution is 8.02. The molecule has 0 saturated heterocycles. The summed E-state index contributed by atoms with van der Waals surface area (Å²) in [6, 6.07) is 7.29. The van der Waals surface area contributed by atoms with Gasteiger partial charge in [0.25, 0.3) is 0 Å². The average Bonchev–Trinajstić information content (AvgIpc) is 2.98. The highest BCUT2D eigenvalue weighted by Crippen LogP contribution is 2.32. The lowest BCUT2D eigenvalue weighted by atomic mass is 10.2. The van der Waals surface area contributed by atoms with Gasteiger partial charge in [0.05, 0.1) is 16.6 Å². The number of hydrogen-bond donors (Lipinski definition) is 1. The molecule has 0 aliphatic carbocycles. The number of aromatic nitrogens is 2. The summed E-state index contributed by atoms with van der Waals surface area (Å²) in [5.41, 5.74) is 3.02. The summed E-state index contributed by atoms with van der Waals surface area (Å²) in [7, 11) is 0. The normalized spacial score (nSPS) is 15.3. The molecule has 2 heterocycles. The number of amides is 2. The third-order valence-corrected chi connectivity index (χ3v) is 4.90. The van der Waals surface area contributed by atoms with Gasteiger partial charge in [-0.05, 0) is 19.1 Å². The fourth-order valence-corrected chi connectivity index (χ4v) is 3.75.